The SMILES string of the molecule is Nc1ncnc2c1ncn2[C@@H]1O[C@H](C(=O)O)[C@@H](NC(=O)C(N)Cc2cccs2)[C@H]1O. The van der Waals surface area contributed by atoms with Crippen LogP contribution in [0.4, 0.5) is 5.82 Å². The number of aliphatic hydroxyl groups is 1. The third kappa shape index (κ3) is 3.59. The maximum Gasteiger partial charge on any atom is 0.335 e. The number of thiophene rings is 1. The van der Waals surface area contributed by atoms with Gasteiger partial charge in [-0.1, -0.05) is 6.07 Å². The number of nitrogens with two attached hydrogens (primary N) is 2. The molecule has 3 aromatic rings. The standard InChI is InChI=1S/C17H19N7O5S/c18-8(4-7-2-1-3-30-7)15(26)23-9-11(25)16(29-12(9)17(27)28)24-6-22-10-13(19)20-5-21-14(10)24/h1-3,5-6,8-9,11-12,16,25H,4,18H2,(H,23,26)(H,27,28)(H2,19,20,21)/t8?,9-,11+,12-,16+/m0/s1. The van der Waals surface area contributed by atoms with Crippen LogP contribution in [0.3, 0.4) is 0 Å². The second kappa shape index (κ2) is 7.95. The Hall–Kier alpha value is -3.13. The van der Waals surface area contributed by atoms with E-state index in [0.717, 1.165) is 4.88 Å². The predicted octanol–water partition coefficient (Wildman–Crippen LogP) is -1.13. The molecule has 13 heteroatoms. The number of anilines is 1. The number of nitrogen functional groups attached to an aromatic ring is 1. The lowest BCUT2D eigenvalue weighted by atomic mass is 10.1. The Labute approximate surface area is 173 Å². The number of ether oxygens (including phenoxy) is 1. The number of nitrogens with zero attached hydrogens (tertiary/aromatic N) is 4. The Morgan fingerprint density at radius 3 is 2.87 bits per heavy atom. The van der Waals surface area contributed by atoms with E-state index in [1.807, 2.05) is 17.5 Å². The number of aliphatic carboxylic acids is 1. The molecule has 30 heavy (non-hydrogen) atoms. The predicted molar refractivity (Wildman–Crippen MR) is 105 cm³/mol. The molecule has 12 nitrogen and oxygen atoms in total. The van der Waals surface area contributed by atoms with E-state index in [-0.39, 0.29) is 23.4 Å². The van der Waals surface area contributed by atoms with Crippen molar-refractivity contribution in [2.75, 3.05) is 5.73 Å². The zero-order valence-electron chi connectivity index (χ0n) is 15.5. The summed E-state index contributed by atoms with van der Waals surface area (Å²) in [6.07, 6.45) is -1.25. The summed E-state index contributed by atoms with van der Waals surface area (Å²) in [5, 5.41) is 24.7. The van der Waals surface area contributed by atoms with E-state index in [0.29, 0.717) is 0 Å². The molecule has 4 rings (SSSR count). The van der Waals surface area contributed by atoms with Crippen molar-refractivity contribution in [3.63, 3.8) is 0 Å². The van der Waals surface area contributed by atoms with Crippen LogP contribution < -0.4 is 16.8 Å². The number of nitrogens with one attached hydrogen (secondary N) is 1. The molecule has 1 saturated heterocycles. The summed E-state index contributed by atoms with van der Waals surface area (Å²) >= 11 is 1.46. The summed E-state index contributed by atoms with van der Waals surface area (Å²) in [6, 6.07) is 1.55. The largest absolute Gasteiger partial charge is 0.479 e. The zero-order chi connectivity index (χ0) is 21.4. The second-order valence-electron chi connectivity index (χ2n) is 6.78. The number of fused-ring (bicyclic) bond motifs is 1. The number of hydrogen-bond donors (Lipinski definition) is 5. The molecule has 1 aliphatic heterocycles. The fourth-order valence-corrected chi connectivity index (χ4v) is 4.11. The lowest BCUT2D eigenvalue weighted by Gasteiger charge is -2.22. The number of carbonyl (C=O) groups is 2. The molecule has 0 aromatic carbocycles. The highest BCUT2D eigenvalue weighted by Crippen LogP contribution is 2.32. The van der Waals surface area contributed by atoms with Gasteiger partial charge < -0.3 is 31.7 Å². The normalized spacial score (nSPS) is 24.7. The van der Waals surface area contributed by atoms with Crippen LogP contribution in [-0.4, -0.2) is 65.9 Å². The van der Waals surface area contributed by atoms with Gasteiger partial charge in [-0.3, -0.25) is 9.36 Å². The van der Waals surface area contributed by atoms with Crippen LogP contribution >= 0.6 is 11.3 Å². The van der Waals surface area contributed by atoms with Crippen LogP contribution in [0.1, 0.15) is 11.1 Å². The summed E-state index contributed by atoms with van der Waals surface area (Å²) in [6.45, 7) is 0. The van der Waals surface area contributed by atoms with Gasteiger partial charge in [0.2, 0.25) is 5.91 Å². The number of imidazole rings is 1. The lowest BCUT2D eigenvalue weighted by molar-refractivity contribution is -0.152. The minimum absolute atomic E-state index is 0.130. The third-order valence-corrected chi connectivity index (χ3v) is 5.72. The van der Waals surface area contributed by atoms with E-state index in [4.69, 9.17) is 16.2 Å². The van der Waals surface area contributed by atoms with E-state index in [2.05, 4.69) is 20.3 Å². The van der Waals surface area contributed by atoms with E-state index in [1.165, 1.54) is 28.6 Å². The van der Waals surface area contributed by atoms with Crippen molar-refractivity contribution in [3.05, 3.63) is 35.0 Å². The topological polar surface area (TPSA) is 192 Å². The first-order valence-corrected chi connectivity index (χ1v) is 9.82. The quantitative estimate of drug-likeness (QED) is 0.318. The van der Waals surface area contributed by atoms with E-state index in [9.17, 15) is 19.8 Å². The molecule has 158 valence electrons. The van der Waals surface area contributed by atoms with Gasteiger partial charge in [0.15, 0.2) is 23.8 Å². The highest BCUT2D eigenvalue weighted by molar-refractivity contribution is 7.09. The average Bonchev–Trinajstić information content (AvgIpc) is 3.43. The highest BCUT2D eigenvalue weighted by Gasteiger charge is 2.49. The smallest absolute Gasteiger partial charge is 0.335 e. The van der Waals surface area contributed by atoms with Crippen LogP contribution in [0.15, 0.2) is 30.2 Å². The number of carboxylic acids is 1. The van der Waals surface area contributed by atoms with Gasteiger partial charge in [-0.05, 0) is 11.4 Å². The summed E-state index contributed by atoms with van der Waals surface area (Å²) in [4.78, 5) is 37.2. The molecule has 7 N–H and O–H groups in total. The van der Waals surface area contributed by atoms with Gasteiger partial charge in [0, 0.05) is 11.3 Å². The molecular formula is C17H19N7O5S. The first kappa shape index (κ1) is 20.2. The van der Waals surface area contributed by atoms with Crippen molar-refractivity contribution in [3.8, 4) is 0 Å². The molecular weight excluding hydrogens is 414 g/mol. The van der Waals surface area contributed by atoms with Gasteiger partial charge in [-0.25, -0.2) is 19.7 Å². The summed E-state index contributed by atoms with van der Waals surface area (Å²) in [7, 11) is 0. The molecule has 5 atom stereocenters. The van der Waals surface area contributed by atoms with Crippen molar-refractivity contribution < 1.29 is 24.5 Å². The number of carbonyl (C=O) groups excluding carboxylic acids is 1. The Morgan fingerprint density at radius 2 is 2.17 bits per heavy atom. The fraction of sp³-hybridized carbons (Fsp3) is 0.353. The number of carboxylic acid groups (broad SMARTS) is 1. The Bertz CT molecular complexity index is 1070. The molecule has 0 radical (unpaired) electrons. The molecule has 0 bridgehead atoms. The third-order valence-electron chi connectivity index (χ3n) is 4.82. The Morgan fingerprint density at radius 1 is 1.37 bits per heavy atom. The van der Waals surface area contributed by atoms with Gasteiger partial charge >= 0.3 is 5.97 Å². The summed E-state index contributed by atoms with van der Waals surface area (Å²) in [5.41, 5.74) is 12.3. The molecule has 1 aliphatic rings. The fourth-order valence-electron chi connectivity index (χ4n) is 3.34. The number of aliphatic hydroxyl groups excluding tert-OH is 1. The summed E-state index contributed by atoms with van der Waals surface area (Å²) < 4.78 is 6.90. The average molecular weight is 433 g/mol. The van der Waals surface area contributed by atoms with Crippen molar-refractivity contribution >= 4 is 40.2 Å². The van der Waals surface area contributed by atoms with Gasteiger partial charge in [-0.15, -0.1) is 11.3 Å². The number of rotatable bonds is 6. The first-order valence-electron chi connectivity index (χ1n) is 8.94. The maximum absolute atomic E-state index is 12.5. The number of amides is 1. The Balaban J connectivity index is 1.56. The molecule has 0 saturated carbocycles. The molecule has 0 spiro atoms. The van der Waals surface area contributed by atoms with Crippen molar-refractivity contribution in [2.45, 2.75) is 36.9 Å². The minimum atomic E-state index is -1.50. The molecule has 1 amide bonds. The van der Waals surface area contributed by atoms with Gasteiger partial charge in [-0.2, -0.15) is 0 Å². The van der Waals surface area contributed by atoms with Crippen LogP contribution in [0.2, 0.25) is 0 Å². The molecule has 1 fully saturated rings. The molecule has 3 aromatic heterocycles. The van der Waals surface area contributed by atoms with Crippen LogP contribution in [-0.2, 0) is 20.7 Å². The zero-order valence-corrected chi connectivity index (χ0v) is 16.3. The van der Waals surface area contributed by atoms with Gasteiger partial charge in [0.05, 0.1) is 18.4 Å². The van der Waals surface area contributed by atoms with Crippen molar-refractivity contribution in [1.82, 2.24) is 24.8 Å². The summed E-state index contributed by atoms with van der Waals surface area (Å²) in [5.74, 6) is -1.80. The highest BCUT2D eigenvalue weighted by atomic mass is 32.1. The molecule has 4 heterocycles. The molecule has 0 aliphatic carbocycles. The van der Waals surface area contributed by atoms with Gasteiger partial charge in [0.25, 0.3) is 0 Å². The van der Waals surface area contributed by atoms with Crippen molar-refractivity contribution in [1.29, 1.82) is 0 Å². The van der Waals surface area contributed by atoms with E-state index in [1.54, 1.807) is 0 Å². The number of aromatic nitrogens is 4. The Kier molecular flexibility index (Phi) is 5.34. The maximum atomic E-state index is 12.5. The second-order valence-corrected chi connectivity index (χ2v) is 7.82. The van der Waals surface area contributed by atoms with Gasteiger partial charge in [0.1, 0.15) is 17.9 Å². The minimum Gasteiger partial charge on any atom is -0.479 e. The first-order chi connectivity index (χ1) is 14.4. The van der Waals surface area contributed by atoms with Crippen LogP contribution in [0.25, 0.3) is 11.2 Å². The van der Waals surface area contributed by atoms with Crippen LogP contribution in [0.5, 0.6) is 0 Å². The van der Waals surface area contributed by atoms with E-state index >= 15 is 0 Å². The van der Waals surface area contributed by atoms with E-state index < -0.39 is 42.4 Å². The number of hydrogen-bond acceptors (Lipinski definition) is 10. The van der Waals surface area contributed by atoms with Crippen molar-refractivity contribution in [2.24, 2.45) is 5.73 Å². The van der Waals surface area contributed by atoms with Crippen LogP contribution in [0, 0.1) is 0 Å². The monoisotopic (exact) mass is 433 g/mol. The molecule has 1 unspecified atom stereocenters. The lowest BCUT2D eigenvalue weighted by Crippen LogP contribution is -2.54.